The molecule has 0 atom stereocenters. The van der Waals surface area contributed by atoms with Crippen molar-refractivity contribution in [3.05, 3.63) is 42.5 Å². The van der Waals surface area contributed by atoms with E-state index in [1.165, 1.54) is 5.56 Å². The van der Waals surface area contributed by atoms with Crippen molar-refractivity contribution in [3.63, 3.8) is 0 Å². The van der Waals surface area contributed by atoms with Crippen LogP contribution in [-0.2, 0) is 16.4 Å². The Balaban J connectivity index is 2.06. The number of benzene rings is 1. The minimum absolute atomic E-state index is 0.402. The van der Waals surface area contributed by atoms with Gasteiger partial charge >= 0.3 is 0 Å². The number of sulfonamides is 1. The first-order chi connectivity index (χ1) is 10.1. The molecule has 1 heterocycles. The van der Waals surface area contributed by atoms with Crippen LogP contribution in [0.1, 0.15) is 18.9 Å². The summed E-state index contributed by atoms with van der Waals surface area (Å²) >= 11 is 0. The Labute approximate surface area is 128 Å². The zero-order valence-electron chi connectivity index (χ0n) is 12.7. The molecule has 1 aliphatic rings. The summed E-state index contributed by atoms with van der Waals surface area (Å²) in [6, 6.07) is 7.31. The predicted molar refractivity (Wildman–Crippen MR) is 85.8 cm³/mol. The van der Waals surface area contributed by atoms with Crippen LogP contribution < -0.4 is 0 Å². The largest absolute Gasteiger partial charge is 0.297 e. The zero-order chi connectivity index (χ0) is 15.3. The SMILES string of the molecule is C=CCN1CCN(S(=O)(=O)c2ccc(CCC)cc2)CC1. The second-order valence-electron chi connectivity index (χ2n) is 5.39. The number of nitrogens with zero attached hydrogens (tertiary/aromatic N) is 2. The third-order valence-corrected chi connectivity index (χ3v) is 5.73. The summed E-state index contributed by atoms with van der Waals surface area (Å²) in [5, 5.41) is 0. The van der Waals surface area contributed by atoms with Crippen molar-refractivity contribution in [1.82, 2.24) is 9.21 Å². The molecule has 0 aliphatic carbocycles. The molecule has 0 bridgehead atoms. The fourth-order valence-electron chi connectivity index (χ4n) is 2.60. The average molecular weight is 308 g/mol. The molecule has 21 heavy (non-hydrogen) atoms. The first-order valence-electron chi connectivity index (χ1n) is 7.50. The molecule has 5 heteroatoms. The Hall–Kier alpha value is -1.17. The van der Waals surface area contributed by atoms with Crippen LogP contribution in [0.4, 0.5) is 0 Å². The van der Waals surface area contributed by atoms with E-state index in [2.05, 4.69) is 18.4 Å². The van der Waals surface area contributed by atoms with Crippen molar-refractivity contribution in [2.24, 2.45) is 0 Å². The quantitative estimate of drug-likeness (QED) is 0.756. The third kappa shape index (κ3) is 3.93. The van der Waals surface area contributed by atoms with E-state index in [9.17, 15) is 8.42 Å². The molecule has 1 aliphatic heterocycles. The van der Waals surface area contributed by atoms with Crippen LogP contribution >= 0.6 is 0 Å². The fourth-order valence-corrected chi connectivity index (χ4v) is 4.02. The van der Waals surface area contributed by atoms with Gasteiger partial charge in [-0.3, -0.25) is 4.90 Å². The van der Waals surface area contributed by atoms with Gasteiger partial charge in [-0.2, -0.15) is 4.31 Å². The molecule has 0 saturated carbocycles. The Bertz CT molecular complexity index is 558. The van der Waals surface area contributed by atoms with Gasteiger partial charge in [-0.25, -0.2) is 8.42 Å². The lowest BCUT2D eigenvalue weighted by Crippen LogP contribution is -2.48. The molecule has 0 unspecified atom stereocenters. The van der Waals surface area contributed by atoms with Crippen LogP contribution in [0.3, 0.4) is 0 Å². The highest BCUT2D eigenvalue weighted by Gasteiger charge is 2.27. The lowest BCUT2D eigenvalue weighted by Gasteiger charge is -2.33. The molecule has 4 nitrogen and oxygen atoms in total. The average Bonchev–Trinajstić information content (AvgIpc) is 2.49. The molecular weight excluding hydrogens is 284 g/mol. The molecule has 0 N–H and O–H groups in total. The maximum atomic E-state index is 12.6. The second-order valence-corrected chi connectivity index (χ2v) is 7.33. The number of hydrogen-bond acceptors (Lipinski definition) is 3. The van der Waals surface area contributed by atoms with Crippen LogP contribution in [0.2, 0.25) is 0 Å². The Morgan fingerprint density at radius 3 is 2.29 bits per heavy atom. The number of piperazine rings is 1. The standard InChI is InChI=1S/C16H24N2O2S/c1-3-5-15-6-8-16(9-7-15)21(19,20)18-13-11-17(10-4-2)12-14-18/h4,6-9H,2-3,5,10-14H2,1H3. The number of aryl methyl sites for hydroxylation is 1. The first kappa shape index (κ1) is 16.2. The molecule has 0 amide bonds. The normalized spacial score (nSPS) is 17.8. The van der Waals surface area contributed by atoms with Gasteiger partial charge in [0, 0.05) is 32.7 Å². The van der Waals surface area contributed by atoms with E-state index in [0.29, 0.717) is 18.0 Å². The van der Waals surface area contributed by atoms with Gasteiger partial charge in [0.25, 0.3) is 0 Å². The van der Waals surface area contributed by atoms with Crippen LogP contribution in [0, 0.1) is 0 Å². The molecule has 116 valence electrons. The summed E-state index contributed by atoms with van der Waals surface area (Å²) in [5.41, 5.74) is 1.19. The van der Waals surface area contributed by atoms with Gasteiger partial charge in [0.15, 0.2) is 0 Å². The smallest absolute Gasteiger partial charge is 0.243 e. The van der Waals surface area contributed by atoms with E-state index in [-0.39, 0.29) is 0 Å². The maximum Gasteiger partial charge on any atom is 0.243 e. The van der Waals surface area contributed by atoms with Crippen LogP contribution in [0.15, 0.2) is 41.8 Å². The minimum Gasteiger partial charge on any atom is -0.297 e. The molecule has 0 radical (unpaired) electrons. The number of hydrogen-bond donors (Lipinski definition) is 0. The first-order valence-corrected chi connectivity index (χ1v) is 8.94. The lowest BCUT2D eigenvalue weighted by molar-refractivity contribution is 0.204. The van der Waals surface area contributed by atoms with Crippen LogP contribution in [0.25, 0.3) is 0 Å². The molecule has 1 aromatic rings. The Kier molecular flexibility index (Phi) is 5.56. The summed E-state index contributed by atoms with van der Waals surface area (Å²) in [4.78, 5) is 2.61. The van der Waals surface area contributed by atoms with Gasteiger partial charge in [-0.1, -0.05) is 31.6 Å². The highest BCUT2D eigenvalue weighted by Crippen LogP contribution is 2.18. The van der Waals surface area contributed by atoms with Crippen molar-refractivity contribution < 1.29 is 8.42 Å². The van der Waals surface area contributed by atoms with Gasteiger partial charge in [0.05, 0.1) is 4.90 Å². The minimum atomic E-state index is -3.35. The summed E-state index contributed by atoms with van der Waals surface area (Å²) in [7, 11) is -3.35. The molecule has 1 aromatic carbocycles. The van der Waals surface area contributed by atoms with Crippen LogP contribution in [-0.4, -0.2) is 50.3 Å². The molecule has 0 aromatic heterocycles. The van der Waals surface area contributed by atoms with Crippen LogP contribution in [0.5, 0.6) is 0 Å². The summed E-state index contributed by atoms with van der Waals surface area (Å²) < 4.78 is 26.8. The van der Waals surface area contributed by atoms with E-state index in [4.69, 9.17) is 0 Å². The van der Waals surface area contributed by atoms with Crippen molar-refractivity contribution in [2.75, 3.05) is 32.7 Å². The van der Waals surface area contributed by atoms with Crippen molar-refractivity contribution in [2.45, 2.75) is 24.7 Å². The Morgan fingerprint density at radius 1 is 1.14 bits per heavy atom. The fraction of sp³-hybridized carbons (Fsp3) is 0.500. The van der Waals surface area contributed by atoms with Gasteiger partial charge in [0.1, 0.15) is 0 Å². The monoisotopic (exact) mass is 308 g/mol. The van der Waals surface area contributed by atoms with Crippen molar-refractivity contribution in [3.8, 4) is 0 Å². The van der Waals surface area contributed by atoms with E-state index in [1.807, 2.05) is 18.2 Å². The third-order valence-electron chi connectivity index (χ3n) is 3.82. The Morgan fingerprint density at radius 2 is 1.76 bits per heavy atom. The van der Waals surface area contributed by atoms with Gasteiger partial charge in [-0.05, 0) is 24.1 Å². The second kappa shape index (κ2) is 7.20. The summed E-state index contributed by atoms with van der Waals surface area (Å²) in [6.45, 7) is 9.28. The van der Waals surface area contributed by atoms with Crippen molar-refractivity contribution >= 4 is 10.0 Å². The van der Waals surface area contributed by atoms with E-state index >= 15 is 0 Å². The molecule has 2 rings (SSSR count). The topological polar surface area (TPSA) is 40.6 Å². The summed E-state index contributed by atoms with van der Waals surface area (Å²) in [6.07, 6.45) is 3.91. The van der Waals surface area contributed by atoms with E-state index < -0.39 is 10.0 Å². The molecule has 1 fully saturated rings. The molecular formula is C16H24N2O2S. The van der Waals surface area contributed by atoms with Crippen molar-refractivity contribution in [1.29, 1.82) is 0 Å². The van der Waals surface area contributed by atoms with E-state index in [1.54, 1.807) is 16.4 Å². The highest BCUT2D eigenvalue weighted by atomic mass is 32.2. The predicted octanol–water partition coefficient (Wildman–Crippen LogP) is 2.13. The number of rotatable bonds is 6. The maximum absolute atomic E-state index is 12.6. The zero-order valence-corrected chi connectivity index (χ0v) is 13.5. The van der Waals surface area contributed by atoms with Gasteiger partial charge < -0.3 is 0 Å². The van der Waals surface area contributed by atoms with E-state index in [0.717, 1.165) is 32.5 Å². The van der Waals surface area contributed by atoms with Gasteiger partial charge in [-0.15, -0.1) is 6.58 Å². The highest BCUT2D eigenvalue weighted by molar-refractivity contribution is 7.89. The summed E-state index contributed by atoms with van der Waals surface area (Å²) in [5.74, 6) is 0. The van der Waals surface area contributed by atoms with Gasteiger partial charge in [0.2, 0.25) is 10.0 Å². The lowest BCUT2D eigenvalue weighted by atomic mass is 10.1. The molecule has 0 spiro atoms. The molecule has 1 saturated heterocycles.